The molecule has 0 fully saturated rings. The number of aromatic nitrogens is 2. The van der Waals surface area contributed by atoms with Crippen LogP contribution in [0.3, 0.4) is 0 Å². The van der Waals surface area contributed by atoms with E-state index in [0.29, 0.717) is 11.4 Å². The molecule has 220 valence electrons. The van der Waals surface area contributed by atoms with Crippen LogP contribution in [0.5, 0.6) is 5.75 Å². The summed E-state index contributed by atoms with van der Waals surface area (Å²) in [5.74, 6) is -1.73. The number of likely N-dealkylation sites (N-methyl/N-ethyl adjacent to an activating group) is 1. The largest absolute Gasteiger partial charge is 0.486 e. The molecule has 0 spiro atoms. The van der Waals surface area contributed by atoms with Crippen molar-refractivity contribution in [2.24, 2.45) is 13.0 Å². The molecule has 13 heteroatoms. The van der Waals surface area contributed by atoms with Gasteiger partial charge in [-0.05, 0) is 56.3 Å². The van der Waals surface area contributed by atoms with E-state index in [1.54, 1.807) is 45.2 Å². The van der Waals surface area contributed by atoms with Crippen LogP contribution in [0.15, 0.2) is 53.4 Å². The highest BCUT2D eigenvalue weighted by Gasteiger charge is 2.36. The van der Waals surface area contributed by atoms with Crippen LogP contribution in [0.1, 0.15) is 40.4 Å². The smallest absolute Gasteiger partial charge is 0.274 e. The second kappa shape index (κ2) is 12.0. The van der Waals surface area contributed by atoms with Crippen LogP contribution in [0.25, 0.3) is 0 Å². The number of nitrogens with one attached hydrogen (secondary N) is 1. The first-order valence-electron chi connectivity index (χ1n) is 13.1. The van der Waals surface area contributed by atoms with Gasteiger partial charge in [0.25, 0.3) is 11.8 Å². The lowest BCUT2D eigenvalue weighted by molar-refractivity contribution is 0.0388. The molecule has 0 radical (unpaired) electrons. The first-order chi connectivity index (χ1) is 19.3. The van der Waals surface area contributed by atoms with Gasteiger partial charge in [0.05, 0.1) is 41.0 Å². The monoisotopic (exact) mass is 587 g/mol. The predicted octanol–water partition coefficient (Wildman–Crippen LogP) is 2.66. The minimum Gasteiger partial charge on any atom is -0.486 e. The van der Waals surface area contributed by atoms with Crippen LogP contribution in [0, 0.1) is 18.7 Å². The van der Waals surface area contributed by atoms with Gasteiger partial charge < -0.3 is 20.1 Å². The van der Waals surface area contributed by atoms with Gasteiger partial charge in [-0.15, -0.1) is 0 Å². The van der Waals surface area contributed by atoms with Gasteiger partial charge in [-0.25, -0.2) is 12.8 Å². The number of amides is 2. The van der Waals surface area contributed by atoms with Crippen molar-refractivity contribution in [3.8, 4) is 5.75 Å². The summed E-state index contributed by atoms with van der Waals surface area (Å²) in [5.41, 5.74) is 1.33. The molecule has 11 nitrogen and oxygen atoms in total. The number of carbonyl (C=O) groups is 2. The van der Waals surface area contributed by atoms with Gasteiger partial charge in [-0.3, -0.25) is 14.3 Å². The minimum absolute atomic E-state index is 0.0783. The number of carbonyl (C=O) groups excluding carboxylic acids is 2. The second-order valence-electron chi connectivity index (χ2n) is 10.3. The van der Waals surface area contributed by atoms with Crippen molar-refractivity contribution >= 4 is 27.5 Å². The van der Waals surface area contributed by atoms with Crippen LogP contribution in [-0.2, 0) is 17.1 Å². The Balaban J connectivity index is 1.73. The second-order valence-corrected chi connectivity index (χ2v) is 12.3. The van der Waals surface area contributed by atoms with Crippen molar-refractivity contribution < 1.29 is 32.2 Å². The Morgan fingerprint density at radius 1 is 1.27 bits per heavy atom. The first-order valence-corrected chi connectivity index (χ1v) is 14.5. The fraction of sp³-hybridized carbons (Fsp3) is 0.393. The molecule has 0 bridgehead atoms. The lowest BCUT2D eigenvalue weighted by Crippen LogP contribution is -2.50. The topological polar surface area (TPSA) is 134 Å². The Morgan fingerprint density at radius 2 is 1.95 bits per heavy atom. The summed E-state index contributed by atoms with van der Waals surface area (Å²) in [6.07, 6.45) is -0.771. The van der Waals surface area contributed by atoms with Crippen molar-refractivity contribution in [3.05, 3.63) is 71.3 Å². The molecule has 4 rings (SSSR count). The van der Waals surface area contributed by atoms with E-state index in [1.165, 1.54) is 28.8 Å². The number of benzene rings is 2. The Hall–Kier alpha value is -3.81. The van der Waals surface area contributed by atoms with Gasteiger partial charge in [0.15, 0.2) is 5.75 Å². The lowest BCUT2D eigenvalue weighted by atomic mass is 9.99. The number of ether oxygens (including phenoxy) is 1. The third kappa shape index (κ3) is 6.26. The summed E-state index contributed by atoms with van der Waals surface area (Å²) in [6.45, 7) is 5.07. The van der Waals surface area contributed by atoms with E-state index in [2.05, 4.69) is 10.4 Å². The number of halogens is 1. The van der Waals surface area contributed by atoms with E-state index in [-0.39, 0.29) is 41.6 Å². The molecule has 3 aromatic rings. The standard InChI is InChI=1S/C28H34FN5O6S/c1-17-14-34(19(3)16-35)28(37)22-7-6-8-23(30-27(36)24-13-18(2)31-33(24)5)26(22)40-25(17)15-32(4)41(38,39)21-11-9-20(29)10-12-21/h6-13,17,19,25,35H,14-16H2,1-5H3,(H,30,36)/t17-,19-,25-/m0/s1. The number of aliphatic hydroxyl groups excluding tert-OH is 1. The molecule has 0 aliphatic carbocycles. The third-order valence-corrected chi connectivity index (χ3v) is 8.97. The Kier molecular flexibility index (Phi) is 8.80. The Morgan fingerprint density at radius 3 is 2.56 bits per heavy atom. The van der Waals surface area contributed by atoms with Gasteiger partial charge in [-0.1, -0.05) is 13.0 Å². The molecule has 2 aromatic carbocycles. The maximum atomic E-state index is 13.7. The highest BCUT2D eigenvalue weighted by molar-refractivity contribution is 7.89. The summed E-state index contributed by atoms with van der Waals surface area (Å²) in [7, 11) is -0.968. The molecular formula is C28H34FN5O6S. The van der Waals surface area contributed by atoms with Crippen LogP contribution in [0.4, 0.5) is 10.1 Å². The molecule has 0 saturated heterocycles. The minimum atomic E-state index is -4.00. The summed E-state index contributed by atoms with van der Waals surface area (Å²) in [6, 6.07) is 10.4. The molecule has 1 aromatic heterocycles. The molecule has 1 aliphatic heterocycles. The predicted molar refractivity (Wildman–Crippen MR) is 150 cm³/mol. The number of fused-ring (bicyclic) bond motifs is 1. The first kappa shape index (κ1) is 30.2. The van der Waals surface area contributed by atoms with Crippen LogP contribution in [-0.4, -0.2) is 83.2 Å². The number of aliphatic hydroxyl groups is 1. The number of rotatable bonds is 8. The highest BCUT2D eigenvalue weighted by Crippen LogP contribution is 2.35. The zero-order valence-corrected chi connectivity index (χ0v) is 24.4. The highest BCUT2D eigenvalue weighted by atomic mass is 32.2. The summed E-state index contributed by atoms with van der Waals surface area (Å²) >= 11 is 0. The molecule has 2 N–H and O–H groups in total. The summed E-state index contributed by atoms with van der Waals surface area (Å²) in [5, 5.41) is 16.9. The Labute approximate surface area is 238 Å². The van der Waals surface area contributed by atoms with Gasteiger partial charge in [0, 0.05) is 26.6 Å². The normalized spacial score (nSPS) is 18.3. The van der Waals surface area contributed by atoms with E-state index in [1.807, 2.05) is 6.92 Å². The number of aryl methyl sites for hydroxylation is 2. The summed E-state index contributed by atoms with van der Waals surface area (Å²) < 4.78 is 48.9. The number of hydrogen-bond donors (Lipinski definition) is 2. The summed E-state index contributed by atoms with van der Waals surface area (Å²) in [4.78, 5) is 28.3. The SMILES string of the molecule is Cc1cc(C(=O)Nc2cccc3c2O[C@@H](CN(C)S(=O)(=O)c2ccc(F)cc2)[C@@H](C)CN([C@@H](C)CO)C3=O)n(C)n1. The number of para-hydroxylation sites is 1. The zero-order chi connectivity index (χ0) is 30.1. The molecule has 2 amide bonds. The van der Waals surface area contributed by atoms with Gasteiger partial charge >= 0.3 is 0 Å². The van der Waals surface area contributed by atoms with Crippen molar-refractivity contribution in [2.75, 3.05) is 32.1 Å². The van der Waals surface area contributed by atoms with Crippen molar-refractivity contribution in [1.29, 1.82) is 0 Å². The van der Waals surface area contributed by atoms with Gasteiger partial charge in [0.1, 0.15) is 17.6 Å². The van der Waals surface area contributed by atoms with E-state index >= 15 is 0 Å². The molecule has 0 unspecified atom stereocenters. The molecular weight excluding hydrogens is 553 g/mol. The third-order valence-electron chi connectivity index (χ3n) is 7.13. The van der Waals surface area contributed by atoms with E-state index in [0.717, 1.165) is 16.4 Å². The maximum absolute atomic E-state index is 13.7. The number of anilines is 1. The van der Waals surface area contributed by atoms with Crippen molar-refractivity contribution in [2.45, 2.75) is 37.8 Å². The fourth-order valence-electron chi connectivity index (χ4n) is 4.71. The quantitative estimate of drug-likeness (QED) is 0.414. The van der Waals surface area contributed by atoms with E-state index < -0.39 is 45.7 Å². The average molecular weight is 588 g/mol. The zero-order valence-electron chi connectivity index (χ0n) is 23.5. The average Bonchev–Trinajstić information content (AvgIpc) is 3.28. The number of hydrogen-bond acceptors (Lipinski definition) is 7. The van der Waals surface area contributed by atoms with Crippen molar-refractivity contribution in [1.82, 2.24) is 19.0 Å². The number of nitrogens with zero attached hydrogens (tertiary/aromatic N) is 4. The van der Waals surface area contributed by atoms with E-state index in [4.69, 9.17) is 4.74 Å². The van der Waals surface area contributed by atoms with Crippen molar-refractivity contribution in [3.63, 3.8) is 0 Å². The van der Waals surface area contributed by atoms with Crippen LogP contribution >= 0.6 is 0 Å². The van der Waals surface area contributed by atoms with Gasteiger partial charge in [0.2, 0.25) is 10.0 Å². The Bertz CT molecular complexity index is 1540. The molecule has 41 heavy (non-hydrogen) atoms. The molecule has 0 saturated carbocycles. The van der Waals surface area contributed by atoms with E-state index in [9.17, 15) is 27.5 Å². The van der Waals surface area contributed by atoms with Gasteiger partial charge in [-0.2, -0.15) is 9.40 Å². The molecule has 1 aliphatic rings. The number of sulfonamides is 1. The van der Waals surface area contributed by atoms with Crippen LogP contribution < -0.4 is 10.1 Å². The molecule has 2 heterocycles. The fourth-order valence-corrected chi connectivity index (χ4v) is 5.89. The molecule has 3 atom stereocenters. The van der Waals surface area contributed by atoms with Crippen LogP contribution in [0.2, 0.25) is 0 Å². The maximum Gasteiger partial charge on any atom is 0.274 e. The lowest BCUT2D eigenvalue weighted by Gasteiger charge is -2.38.